The van der Waals surface area contributed by atoms with Crippen LogP contribution in [-0.4, -0.2) is 43.9 Å². The van der Waals surface area contributed by atoms with Crippen LogP contribution in [0.3, 0.4) is 0 Å². The molecule has 0 aromatic carbocycles. The maximum absolute atomic E-state index is 11.9. The number of carbonyl (C=O) groups is 1. The minimum Gasteiger partial charge on any atom is -0.373 e. The highest BCUT2D eigenvalue weighted by Crippen LogP contribution is 2.13. The molecule has 0 saturated heterocycles. The predicted molar refractivity (Wildman–Crippen MR) is 75.0 cm³/mol. The molecule has 0 fully saturated rings. The highest BCUT2D eigenvalue weighted by atomic mass is 32.2. The molecular formula is C12H19N3O3S. The summed E-state index contributed by atoms with van der Waals surface area (Å²) in [6.07, 6.45) is 1.15. The summed E-state index contributed by atoms with van der Waals surface area (Å²) in [5.41, 5.74) is 0.246. The van der Waals surface area contributed by atoms with Crippen molar-refractivity contribution in [1.82, 2.24) is 10.3 Å². The molecule has 0 spiro atoms. The van der Waals surface area contributed by atoms with Crippen molar-refractivity contribution in [1.29, 1.82) is 0 Å². The number of rotatable bonds is 5. The molecule has 1 amide bonds. The topological polar surface area (TPSA) is 88.2 Å². The Morgan fingerprint density at radius 3 is 2.53 bits per heavy atom. The Labute approximate surface area is 113 Å². The summed E-state index contributed by atoms with van der Waals surface area (Å²) in [6.45, 7) is 3.18. The average Bonchev–Trinajstić information content (AvgIpc) is 2.34. The van der Waals surface area contributed by atoms with Crippen molar-refractivity contribution in [2.24, 2.45) is 0 Å². The van der Waals surface area contributed by atoms with E-state index in [1.165, 1.54) is 0 Å². The largest absolute Gasteiger partial charge is 0.373 e. The first-order valence-electron chi connectivity index (χ1n) is 5.80. The van der Waals surface area contributed by atoms with Gasteiger partial charge >= 0.3 is 0 Å². The number of nitrogens with one attached hydrogen (secondary N) is 2. The van der Waals surface area contributed by atoms with E-state index in [1.807, 2.05) is 0 Å². The Hall–Kier alpha value is -1.63. The molecule has 1 rings (SSSR count). The Bertz CT molecular complexity index is 567. The molecule has 0 saturated carbocycles. The van der Waals surface area contributed by atoms with E-state index >= 15 is 0 Å². The normalized spacial score (nSPS) is 12.0. The van der Waals surface area contributed by atoms with Gasteiger partial charge in [-0.25, -0.2) is 13.4 Å². The van der Waals surface area contributed by atoms with Crippen LogP contribution in [0.4, 0.5) is 5.82 Å². The number of sulfone groups is 1. The van der Waals surface area contributed by atoms with Gasteiger partial charge in [0.25, 0.3) is 5.91 Å². The Balaban J connectivity index is 2.76. The fraction of sp³-hybridized carbons (Fsp3) is 0.500. The maximum atomic E-state index is 11.9. The summed E-state index contributed by atoms with van der Waals surface area (Å²) < 4.78 is 22.0. The lowest BCUT2D eigenvalue weighted by Crippen LogP contribution is -2.43. The van der Waals surface area contributed by atoms with Gasteiger partial charge in [-0.3, -0.25) is 4.79 Å². The van der Waals surface area contributed by atoms with Gasteiger partial charge in [-0.15, -0.1) is 0 Å². The predicted octanol–water partition coefficient (Wildman–Crippen LogP) is 0.676. The van der Waals surface area contributed by atoms with Gasteiger partial charge in [0.1, 0.15) is 11.5 Å². The third-order valence-corrected chi connectivity index (χ3v) is 5.07. The van der Waals surface area contributed by atoms with Crippen LogP contribution < -0.4 is 10.6 Å². The lowest BCUT2D eigenvalue weighted by molar-refractivity contribution is 0.0945. The number of anilines is 1. The molecule has 7 heteroatoms. The van der Waals surface area contributed by atoms with Crippen LogP contribution in [0.15, 0.2) is 18.2 Å². The quantitative estimate of drug-likeness (QED) is 0.830. The second-order valence-electron chi connectivity index (χ2n) is 4.87. The molecule has 0 atom stereocenters. The number of pyridine rings is 1. The minimum absolute atomic E-state index is 0.0378. The molecule has 1 aromatic heterocycles. The van der Waals surface area contributed by atoms with Crippen LogP contribution in [0.25, 0.3) is 0 Å². The zero-order valence-electron chi connectivity index (χ0n) is 11.5. The van der Waals surface area contributed by atoms with Gasteiger partial charge in [0.15, 0.2) is 9.84 Å². The second-order valence-corrected chi connectivity index (χ2v) is 7.52. The molecule has 19 heavy (non-hydrogen) atoms. The van der Waals surface area contributed by atoms with Crippen LogP contribution in [0.2, 0.25) is 0 Å². The van der Waals surface area contributed by atoms with Crippen LogP contribution in [-0.2, 0) is 9.84 Å². The molecular weight excluding hydrogens is 266 g/mol. The van der Waals surface area contributed by atoms with Crippen molar-refractivity contribution < 1.29 is 13.2 Å². The average molecular weight is 285 g/mol. The molecule has 0 bridgehead atoms. The molecule has 6 nitrogen and oxygen atoms in total. The van der Waals surface area contributed by atoms with Gasteiger partial charge in [-0.05, 0) is 26.0 Å². The maximum Gasteiger partial charge on any atom is 0.270 e. The lowest BCUT2D eigenvalue weighted by atomic mass is 10.2. The standard InChI is InChI=1S/C12H19N3O3S/c1-12(2,19(4,17)18)8-14-11(16)9-6-5-7-10(13-3)15-9/h5-7H,8H2,1-4H3,(H,13,15)(H,14,16). The van der Waals surface area contributed by atoms with E-state index in [9.17, 15) is 13.2 Å². The molecule has 2 N–H and O–H groups in total. The Morgan fingerprint density at radius 1 is 1.37 bits per heavy atom. The first-order chi connectivity index (χ1) is 8.67. The number of nitrogens with zero attached hydrogens (tertiary/aromatic N) is 1. The van der Waals surface area contributed by atoms with Gasteiger partial charge in [-0.1, -0.05) is 6.07 Å². The first-order valence-corrected chi connectivity index (χ1v) is 7.69. The van der Waals surface area contributed by atoms with E-state index in [2.05, 4.69) is 15.6 Å². The highest BCUT2D eigenvalue weighted by Gasteiger charge is 2.30. The molecule has 0 radical (unpaired) electrons. The van der Waals surface area contributed by atoms with Crippen LogP contribution in [0.1, 0.15) is 24.3 Å². The second kappa shape index (κ2) is 5.56. The van der Waals surface area contributed by atoms with Gasteiger partial charge < -0.3 is 10.6 Å². The van der Waals surface area contributed by atoms with Crippen LogP contribution in [0, 0.1) is 0 Å². The van der Waals surface area contributed by atoms with Crippen molar-refractivity contribution in [2.75, 3.05) is 25.2 Å². The number of aromatic nitrogens is 1. The van der Waals surface area contributed by atoms with Crippen molar-refractivity contribution in [3.05, 3.63) is 23.9 Å². The van der Waals surface area contributed by atoms with E-state index < -0.39 is 20.5 Å². The summed E-state index contributed by atoms with van der Waals surface area (Å²) in [4.78, 5) is 16.0. The van der Waals surface area contributed by atoms with Crippen molar-refractivity contribution in [3.63, 3.8) is 0 Å². The Kier molecular flexibility index (Phi) is 4.52. The minimum atomic E-state index is -3.24. The molecule has 0 aliphatic rings. The van der Waals surface area contributed by atoms with E-state index in [0.29, 0.717) is 5.82 Å². The number of amides is 1. The summed E-state index contributed by atoms with van der Waals surface area (Å²) in [5.74, 6) is 0.184. The van der Waals surface area contributed by atoms with Crippen LogP contribution >= 0.6 is 0 Å². The number of hydrogen-bond acceptors (Lipinski definition) is 5. The molecule has 1 aromatic rings. The van der Waals surface area contributed by atoms with Crippen molar-refractivity contribution in [2.45, 2.75) is 18.6 Å². The summed E-state index contributed by atoms with van der Waals surface area (Å²) in [7, 11) is -1.54. The summed E-state index contributed by atoms with van der Waals surface area (Å²) in [5, 5.41) is 5.42. The third-order valence-electron chi connectivity index (χ3n) is 2.92. The van der Waals surface area contributed by atoms with Gasteiger partial charge in [-0.2, -0.15) is 0 Å². The Morgan fingerprint density at radius 2 is 2.00 bits per heavy atom. The summed E-state index contributed by atoms with van der Waals surface area (Å²) >= 11 is 0. The van der Waals surface area contributed by atoms with Crippen LogP contribution in [0.5, 0.6) is 0 Å². The molecule has 1 heterocycles. The van der Waals surface area contributed by atoms with E-state index in [4.69, 9.17) is 0 Å². The zero-order valence-corrected chi connectivity index (χ0v) is 12.3. The highest BCUT2D eigenvalue weighted by molar-refractivity contribution is 7.92. The first kappa shape index (κ1) is 15.4. The molecule has 106 valence electrons. The van der Waals surface area contributed by atoms with Gasteiger partial charge in [0.2, 0.25) is 0 Å². The smallest absolute Gasteiger partial charge is 0.270 e. The van der Waals surface area contributed by atoms with E-state index in [1.54, 1.807) is 39.1 Å². The van der Waals surface area contributed by atoms with Gasteiger partial charge in [0, 0.05) is 19.8 Å². The molecule has 0 aliphatic carbocycles. The molecule has 0 aliphatic heterocycles. The fourth-order valence-corrected chi connectivity index (χ4v) is 1.55. The van der Waals surface area contributed by atoms with Crippen molar-refractivity contribution >= 4 is 21.6 Å². The van der Waals surface area contributed by atoms with E-state index in [-0.39, 0.29) is 12.2 Å². The SMILES string of the molecule is CNc1cccc(C(=O)NCC(C)(C)S(C)(=O)=O)n1. The number of carbonyl (C=O) groups excluding carboxylic acids is 1. The number of hydrogen-bond donors (Lipinski definition) is 2. The third kappa shape index (κ3) is 3.92. The summed E-state index contributed by atoms with van der Waals surface area (Å²) in [6, 6.07) is 5.01. The zero-order chi connectivity index (χ0) is 14.7. The van der Waals surface area contributed by atoms with Crippen molar-refractivity contribution in [3.8, 4) is 0 Å². The molecule has 0 unspecified atom stereocenters. The lowest BCUT2D eigenvalue weighted by Gasteiger charge is -2.22. The van der Waals surface area contributed by atoms with E-state index in [0.717, 1.165) is 6.26 Å². The monoisotopic (exact) mass is 285 g/mol. The fourth-order valence-electron chi connectivity index (χ4n) is 1.22. The van der Waals surface area contributed by atoms with Gasteiger partial charge in [0.05, 0.1) is 4.75 Å².